The molecule has 0 saturated carbocycles. The standard InChI is InChI=1S/C13H18N4O/c1-10(15-2)11-3-4-16-13(7-11)17-5-6-18-12(8-14)9-17/h3-4,7,10,12,15H,5-6,9H2,1-2H3. The summed E-state index contributed by atoms with van der Waals surface area (Å²) in [4.78, 5) is 6.48. The van der Waals surface area contributed by atoms with Crippen LogP contribution in [0.3, 0.4) is 0 Å². The molecule has 5 nitrogen and oxygen atoms in total. The van der Waals surface area contributed by atoms with Gasteiger partial charge in [0.15, 0.2) is 6.10 Å². The van der Waals surface area contributed by atoms with Crippen LogP contribution in [-0.2, 0) is 4.74 Å². The van der Waals surface area contributed by atoms with Crippen molar-refractivity contribution < 1.29 is 4.74 Å². The molecule has 2 rings (SSSR count). The Labute approximate surface area is 107 Å². The van der Waals surface area contributed by atoms with Crippen molar-refractivity contribution in [3.8, 4) is 6.07 Å². The topological polar surface area (TPSA) is 61.2 Å². The zero-order chi connectivity index (χ0) is 13.0. The third-order valence-corrected chi connectivity index (χ3v) is 3.24. The predicted molar refractivity (Wildman–Crippen MR) is 69.3 cm³/mol. The van der Waals surface area contributed by atoms with Crippen LogP contribution >= 0.6 is 0 Å². The maximum atomic E-state index is 8.90. The molecule has 5 heteroatoms. The summed E-state index contributed by atoms with van der Waals surface area (Å²) in [6.45, 7) is 4.05. The van der Waals surface area contributed by atoms with E-state index in [1.54, 1.807) is 0 Å². The lowest BCUT2D eigenvalue weighted by atomic mass is 10.1. The van der Waals surface area contributed by atoms with Crippen molar-refractivity contribution in [2.24, 2.45) is 0 Å². The number of rotatable bonds is 3. The van der Waals surface area contributed by atoms with Crippen LogP contribution in [0.2, 0.25) is 0 Å². The lowest BCUT2D eigenvalue weighted by Gasteiger charge is -2.31. The lowest BCUT2D eigenvalue weighted by Crippen LogP contribution is -2.42. The highest BCUT2D eigenvalue weighted by molar-refractivity contribution is 5.42. The van der Waals surface area contributed by atoms with Crippen molar-refractivity contribution in [1.29, 1.82) is 5.26 Å². The minimum Gasteiger partial charge on any atom is -0.360 e. The minimum atomic E-state index is -0.356. The molecule has 0 aliphatic carbocycles. The van der Waals surface area contributed by atoms with E-state index in [1.165, 1.54) is 5.56 Å². The number of hydrogen-bond donors (Lipinski definition) is 1. The average molecular weight is 246 g/mol. The molecule has 2 heterocycles. The Morgan fingerprint density at radius 3 is 3.22 bits per heavy atom. The molecular formula is C13H18N4O. The van der Waals surface area contributed by atoms with Crippen molar-refractivity contribution in [3.63, 3.8) is 0 Å². The van der Waals surface area contributed by atoms with Crippen LogP contribution < -0.4 is 10.2 Å². The van der Waals surface area contributed by atoms with E-state index in [4.69, 9.17) is 10.00 Å². The Bertz CT molecular complexity index is 443. The second-order valence-electron chi connectivity index (χ2n) is 4.39. The fourth-order valence-electron chi connectivity index (χ4n) is 1.98. The number of hydrogen-bond acceptors (Lipinski definition) is 5. The van der Waals surface area contributed by atoms with Gasteiger partial charge >= 0.3 is 0 Å². The molecule has 1 saturated heterocycles. The van der Waals surface area contributed by atoms with Gasteiger partial charge in [0.05, 0.1) is 19.2 Å². The molecule has 1 aliphatic heterocycles. The van der Waals surface area contributed by atoms with Gasteiger partial charge in [-0.05, 0) is 31.7 Å². The van der Waals surface area contributed by atoms with Gasteiger partial charge in [-0.25, -0.2) is 4.98 Å². The molecule has 1 aromatic heterocycles. The van der Waals surface area contributed by atoms with Gasteiger partial charge in [-0.2, -0.15) is 5.26 Å². The maximum Gasteiger partial charge on any atom is 0.161 e. The van der Waals surface area contributed by atoms with Gasteiger partial charge < -0.3 is 15.0 Å². The van der Waals surface area contributed by atoms with E-state index < -0.39 is 0 Å². The van der Waals surface area contributed by atoms with Crippen LogP contribution in [0.5, 0.6) is 0 Å². The number of nitrogens with zero attached hydrogens (tertiary/aromatic N) is 3. The van der Waals surface area contributed by atoms with Gasteiger partial charge in [0, 0.05) is 18.8 Å². The predicted octanol–water partition coefficient (Wildman–Crippen LogP) is 1.09. The normalized spacial score (nSPS) is 21.4. The van der Waals surface area contributed by atoms with Crippen LogP contribution in [0, 0.1) is 11.3 Å². The van der Waals surface area contributed by atoms with Gasteiger partial charge in [0.25, 0.3) is 0 Å². The number of nitriles is 1. The maximum absolute atomic E-state index is 8.90. The Balaban J connectivity index is 2.15. The molecule has 0 spiro atoms. The minimum absolute atomic E-state index is 0.291. The third-order valence-electron chi connectivity index (χ3n) is 3.24. The van der Waals surface area contributed by atoms with Gasteiger partial charge in [0.2, 0.25) is 0 Å². The molecular weight excluding hydrogens is 228 g/mol. The number of nitrogens with one attached hydrogen (secondary N) is 1. The second kappa shape index (κ2) is 5.80. The van der Waals surface area contributed by atoms with Crippen LogP contribution in [0.15, 0.2) is 18.3 Å². The Hall–Kier alpha value is -1.64. The Morgan fingerprint density at radius 2 is 2.50 bits per heavy atom. The highest BCUT2D eigenvalue weighted by atomic mass is 16.5. The highest BCUT2D eigenvalue weighted by Crippen LogP contribution is 2.19. The summed E-state index contributed by atoms with van der Waals surface area (Å²) in [5, 5.41) is 12.1. The molecule has 0 aromatic carbocycles. The Morgan fingerprint density at radius 1 is 1.67 bits per heavy atom. The molecule has 0 bridgehead atoms. The van der Waals surface area contributed by atoms with Crippen molar-refractivity contribution >= 4 is 5.82 Å². The number of anilines is 1. The molecule has 2 unspecified atom stereocenters. The summed E-state index contributed by atoms with van der Waals surface area (Å²) in [7, 11) is 1.94. The van der Waals surface area contributed by atoms with Gasteiger partial charge in [-0.3, -0.25) is 0 Å². The number of morpholine rings is 1. The summed E-state index contributed by atoms with van der Waals surface area (Å²) < 4.78 is 5.33. The van der Waals surface area contributed by atoms with Crippen LogP contribution in [0.4, 0.5) is 5.82 Å². The van der Waals surface area contributed by atoms with Crippen molar-refractivity contribution in [1.82, 2.24) is 10.3 Å². The second-order valence-corrected chi connectivity index (χ2v) is 4.39. The Kier molecular flexibility index (Phi) is 4.13. The summed E-state index contributed by atoms with van der Waals surface area (Å²) in [5.74, 6) is 0.915. The summed E-state index contributed by atoms with van der Waals surface area (Å²) in [6, 6.07) is 6.52. The zero-order valence-electron chi connectivity index (χ0n) is 10.8. The molecule has 0 amide bonds. The van der Waals surface area contributed by atoms with E-state index in [0.717, 1.165) is 12.4 Å². The molecule has 2 atom stereocenters. The van der Waals surface area contributed by atoms with Crippen molar-refractivity contribution in [2.45, 2.75) is 19.1 Å². The van der Waals surface area contributed by atoms with E-state index in [0.29, 0.717) is 19.2 Å². The van der Waals surface area contributed by atoms with E-state index in [-0.39, 0.29) is 6.10 Å². The molecule has 96 valence electrons. The van der Waals surface area contributed by atoms with Crippen molar-refractivity contribution in [3.05, 3.63) is 23.9 Å². The molecule has 1 fully saturated rings. The van der Waals surface area contributed by atoms with E-state index in [9.17, 15) is 0 Å². The van der Waals surface area contributed by atoms with Gasteiger partial charge in [-0.1, -0.05) is 0 Å². The first-order valence-electron chi connectivity index (χ1n) is 6.14. The quantitative estimate of drug-likeness (QED) is 0.865. The number of ether oxygens (including phenoxy) is 1. The summed E-state index contributed by atoms with van der Waals surface area (Å²) >= 11 is 0. The smallest absolute Gasteiger partial charge is 0.161 e. The van der Waals surface area contributed by atoms with E-state index in [1.807, 2.05) is 19.3 Å². The third kappa shape index (κ3) is 2.78. The van der Waals surface area contributed by atoms with Crippen LogP contribution in [0.25, 0.3) is 0 Å². The SMILES string of the molecule is CNC(C)c1ccnc(N2CCOC(C#N)C2)c1. The monoisotopic (exact) mass is 246 g/mol. The molecule has 1 N–H and O–H groups in total. The van der Waals surface area contributed by atoms with Gasteiger partial charge in [0.1, 0.15) is 5.82 Å². The highest BCUT2D eigenvalue weighted by Gasteiger charge is 2.21. The molecule has 0 radical (unpaired) electrons. The molecule has 1 aliphatic rings. The van der Waals surface area contributed by atoms with E-state index >= 15 is 0 Å². The van der Waals surface area contributed by atoms with Gasteiger partial charge in [-0.15, -0.1) is 0 Å². The first-order valence-corrected chi connectivity index (χ1v) is 6.14. The zero-order valence-corrected chi connectivity index (χ0v) is 10.8. The van der Waals surface area contributed by atoms with E-state index in [2.05, 4.69) is 34.3 Å². The van der Waals surface area contributed by atoms with Crippen LogP contribution in [0.1, 0.15) is 18.5 Å². The summed E-state index contributed by atoms with van der Waals surface area (Å²) in [5.41, 5.74) is 1.20. The molecule has 1 aromatic rings. The number of aromatic nitrogens is 1. The first kappa shape index (κ1) is 12.8. The lowest BCUT2D eigenvalue weighted by molar-refractivity contribution is 0.0761. The summed E-state index contributed by atoms with van der Waals surface area (Å²) in [6.07, 6.45) is 1.46. The number of pyridine rings is 1. The van der Waals surface area contributed by atoms with Crippen molar-refractivity contribution in [2.75, 3.05) is 31.6 Å². The fourth-order valence-corrected chi connectivity index (χ4v) is 1.98. The largest absolute Gasteiger partial charge is 0.360 e. The average Bonchev–Trinajstić information content (AvgIpc) is 2.46. The molecule has 18 heavy (non-hydrogen) atoms. The van der Waals surface area contributed by atoms with Crippen LogP contribution in [-0.4, -0.2) is 37.8 Å². The fraction of sp³-hybridized carbons (Fsp3) is 0.538. The first-order chi connectivity index (χ1) is 8.74.